The van der Waals surface area contributed by atoms with Gasteiger partial charge in [0.15, 0.2) is 0 Å². The van der Waals surface area contributed by atoms with E-state index in [1.807, 2.05) is 0 Å². The summed E-state index contributed by atoms with van der Waals surface area (Å²) in [4.78, 5) is 55.0. The van der Waals surface area contributed by atoms with Crippen LogP contribution >= 0.6 is 23.1 Å². The number of hydrogen-bond donors (Lipinski definition) is 1. The number of hydrogen-bond acceptors (Lipinski definition) is 7. The number of fused-ring (bicyclic) bond motifs is 9. The number of benzene rings is 2. The standard InChI is InChI=1S/C26H18F3N3O5S2/c27-26(28,29)11-4-2-5-12(8-11)31-23(33)18-14-9-15(19(18)24(31)34)20-17(14)16(21-22(38-20)30-25(35)39-21)10-3-1-6-13(7-10)32(36)37/h1-8,14-20H,9H2,(H,30,35)/t14-,15+,16+,17+,18+,19+,20+/m0/s1. The van der Waals surface area contributed by atoms with Crippen LogP contribution in [0.15, 0.2) is 58.4 Å². The van der Waals surface area contributed by atoms with Crippen molar-refractivity contribution < 1.29 is 27.7 Å². The zero-order valence-corrected chi connectivity index (χ0v) is 21.4. The molecule has 2 saturated carbocycles. The van der Waals surface area contributed by atoms with Crippen molar-refractivity contribution in [1.29, 1.82) is 0 Å². The number of non-ortho nitro benzene ring substituents is 1. The van der Waals surface area contributed by atoms with Gasteiger partial charge in [-0.15, -0.1) is 11.8 Å². The smallest absolute Gasteiger partial charge is 0.307 e. The van der Waals surface area contributed by atoms with Gasteiger partial charge in [0.1, 0.15) is 0 Å². The number of nitro benzene ring substituents is 1. The molecule has 13 heteroatoms. The minimum Gasteiger partial charge on any atom is -0.307 e. The Kier molecular flexibility index (Phi) is 5.22. The van der Waals surface area contributed by atoms with Gasteiger partial charge in [-0.05, 0) is 47.9 Å². The fraction of sp³-hybridized carbons (Fsp3) is 0.346. The Hall–Kier alpha value is -3.45. The number of thiazole rings is 1. The molecule has 1 aromatic heterocycles. The second-order valence-corrected chi connectivity index (χ2v) is 12.6. The molecule has 0 radical (unpaired) electrons. The number of carbonyl (C=O) groups is 2. The van der Waals surface area contributed by atoms with Crippen LogP contribution < -0.4 is 9.77 Å². The number of nitro groups is 1. The topological polar surface area (TPSA) is 113 Å². The van der Waals surface area contributed by atoms with Gasteiger partial charge < -0.3 is 4.98 Å². The molecule has 3 fully saturated rings. The molecule has 0 unspecified atom stereocenters. The molecule has 1 saturated heterocycles. The lowest BCUT2D eigenvalue weighted by Gasteiger charge is -2.42. The highest BCUT2D eigenvalue weighted by Gasteiger charge is 2.69. The van der Waals surface area contributed by atoms with E-state index in [-0.39, 0.29) is 39.3 Å². The van der Waals surface area contributed by atoms with Crippen molar-refractivity contribution in [2.45, 2.75) is 28.8 Å². The average molecular weight is 574 g/mol. The lowest BCUT2D eigenvalue weighted by atomic mass is 9.68. The van der Waals surface area contributed by atoms with Gasteiger partial charge in [0.05, 0.1) is 33.0 Å². The number of carbonyl (C=O) groups excluding carboxylic acids is 2. The number of aromatic nitrogens is 1. The molecule has 39 heavy (non-hydrogen) atoms. The van der Waals surface area contributed by atoms with Crippen LogP contribution in [0.25, 0.3) is 0 Å². The third kappa shape index (κ3) is 3.48. The Bertz CT molecular complexity index is 1630. The molecule has 7 rings (SSSR count). The van der Waals surface area contributed by atoms with Crippen LogP contribution in [0, 0.1) is 39.7 Å². The number of nitrogens with zero attached hydrogens (tertiary/aromatic N) is 2. The molecule has 3 heterocycles. The number of amides is 2. The molecule has 4 aliphatic rings. The number of thioether (sulfide) groups is 1. The molecule has 2 aliphatic heterocycles. The number of anilines is 1. The molecule has 8 nitrogen and oxygen atoms in total. The summed E-state index contributed by atoms with van der Waals surface area (Å²) in [6.07, 6.45) is -4.03. The SMILES string of the molecule is O=C1[C@@H]2[C@H]3C[C@@H]([C@H]4Sc5[nH]c(=O)sc5[C@H](c5cccc([N+](=O)[O-])c5)[C@@H]34)[C@H]2C(=O)N1c1cccc(C(F)(F)F)c1. The zero-order valence-electron chi connectivity index (χ0n) is 19.8. The van der Waals surface area contributed by atoms with Gasteiger partial charge in [0.25, 0.3) is 5.69 Å². The maximum Gasteiger partial charge on any atom is 0.416 e. The first-order valence-electron chi connectivity index (χ1n) is 12.2. The zero-order chi connectivity index (χ0) is 27.4. The maximum absolute atomic E-state index is 13.7. The van der Waals surface area contributed by atoms with Crippen molar-refractivity contribution >= 4 is 46.3 Å². The number of imide groups is 1. The first-order chi connectivity index (χ1) is 18.5. The number of H-pyrrole nitrogens is 1. The Morgan fingerprint density at radius 3 is 2.44 bits per heavy atom. The quantitative estimate of drug-likeness (QED) is 0.267. The normalized spacial score (nSPS) is 30.8. The van der Waals surface area contributed by atoms with Gasteiger partial charge in [0, 0.05) is 28.2 Å². The molecule has 2 amide bonds. The summed E-state index contributed by atoms with van der Waals surface area (Å²) in [6, 6.07) is 10.5. The Morgan fingerprint density at radius 1 is 1.00 bits per heavy atom. The maximum atomic E-state index is 13.7. The Balaban J connectivity index is 1.31. The van der Waals surface area contributed by atoms with Crippen LogP contribution in [0.2, 0.25) is 0 Å². The molecule has 2 aromatic carbocycles. The summed E-state index contributed by atoms with van der Waals surface area (Å²) >= 11 is 2.51. The van der Waals surface area contributed by atoms with Crippen molar-refractivity contribution in [2.75, 3.05) is 4.90 Å². The molecular weight excluding hydrogens is 555 g/mol. The Morgan fingerprint density at radius 2 is 1.72 bits per heavy atom. The first kappa shape index (κ1) is 24.6. The number of halogens is 3. The van der Waals surface area contributed by atoms with Gasteiger partial charge >= 0.3 is 11.0 Å². The van der Waals surface area contributed by atoms with E-state index < -0.39 is 46.2 Å². The van der Waals surface area contributed by atoms with E-state index in [0.717, 1.165) is 33.2 Å². The number of aromatic amines is 1. The van der Waals surface area contributed by atoms with E-state index in [1.54, 1.807) is 12.1 Å². The molecule has 1 N–H and O–H groups in total. The van der Waals surface area contributed by atoms with E-state index in [9.17, 15) is 37.7 Å². The third-order valence-corrected chi connectivity index (χ3v) is 11.2. The first-order valence-corrected chi connectivity index (χ1v) is 13.9. The second kappa shape index (κ2) is 8.28. The highest BCUT2D eigenvalue weighted by molar-refractivity contribution is 8.00. The van der Waals surface area contributed by atoms with Gasteiger partial charge in [-0.25, -0.2) is 0 Å². The largest absolute Gasteiger partial charge is 0.416 e. The summed E-state index contributed by atoms with van der Waals surface area (Å²) in [5.41, 5.74) is -0.464. The molecule has 2 aliphatic carbocycles. The van der Waals surface area contributed by atoms with Crippen molar-refractivity contribution in [2.24, 2.45) is 29.6 Å². The molecule has 0 spiro atoms. The number of nitrogens with one attached hydrogen (secondary N) is 1. The predicted molar refractivity (Wildman–Crippen MR) is 136 cm³/mol. The summed E-state index contributed by atoms with van der Waals surface area (Å²) < 4.78 is 40.1. The van der Waals surface area contributed by atoms with E-state index in [4.69, 9.17) is 0 Å². The summed E-state index contributed by atoms with van der Waals surface area (Å²) in [6.45, 7) is 0. The number of rotatable bonds is 3. The van der Waals surface area contributed by atoms with Crippen molar-refractivity contribution in [3.63, 3.8) is 0 Å². The van der Waals surface area contributed by atoms with Crippen LogP contribution in [-0.2, 0) is 15.8 Å². The lowest BCUT2D eigenvalue weighted by Crippen LogP contribution is -2.42. The second-order valence-electron chi connectivity index (χ2n) is 10.4. The lowest BCUT2D eigenvalue weighted by molar-refractivity contribution is -0.384. The van der Waals surface area contributed by atoms with Gasteiger partial charge in [-0.2, -0.15) is 13.2 Å². The van der Waals surface area contributed by atoms with Crippen LogP contribution in [-0.4, -0.2) is 27.0 Å². The van der Waals surface area contributed by atoms with Crippen LogP contribution in [0.1, 0.15) is 28.3 Å². The summed E-state index contributed by atoms with van der Waals surface area (Å²) in [5, 5.41) is 12.0. The fourth-order valence-electron chi connectivity index (χ4n) is 7.30. The summed E-state index contributed by atoms with van der Waals surface area (Å²) in [7, 11) is 0. The minimum absolute atomic E-state index is 0.0874. The van der Waals surface area contributed by atoms with E-state index in [1.165, 1.54) is 36.0 Å². The minimum atomic E-state index is -4.62. The van der Waals surface area contributed by atoms with Crippen molar-refractivity contribution in [3.8, 4) is 0 Å². The van der Waals surface area contributed by atoms with Crippen LogP contribution in [0.4, 0.5) is 24.5 Å². The van der Waals surface area contributed by atoms with Crippen molar-refractivity contribution in [1.82, 2.24) is 4.98 Å². The molecule has 3 aromatic rings. The van der Waals surface area contributed by atoms with Gasteiger partial charge in [0.2, 0.25) is 11.8 Å². The van der Waals surface area contributed by atoms with Crippen molar-refractivity contribution in [3.05, 3.63) is 84.3 Å². The van der Waals surface area contributed by atoms with Crippen LogP contribution in [0.3, 0.4) is 0 Å². The van der Waals surface area contributed by atoms with Gasteiger partial charge in [-0.1, -0.05) is 29.5 Å². The van der Waals surface area contributed by atoms with Gasteiger partial charge in [-0.3, -0.25) is 29.4 Å². The molecule has 2 bridgehead atoms. The summed E-state index contributed by atoms with van der Waals surface area (Å²) in [5.74, 6) is -3.42. The van der Waals surface area contributed by atoms with E-state index >= 15 is 0 Å². The third-order valence-electron chi connectivity index (χ3n) is 8.60. The number of alkyl halides is 3. The van der Waals surface area contributed by atoms with E-state index in [0.29, 0.717) is 17.0 Å². The fourth-order valence-corrected chi connectivity index (χ4v) is 10.2. The van der Waals surface area contributed by atoms with Crippen LogP contribution in [0.5, 0.6) is 0 Å². The highest BCUT2D eigenvalue weighted by Crippen LogP contribution is 2.68. The molecule has 7 atom stereocenters. The average Bonchev–Trinajstić information content (AvgIpc) is 3.62. The molecule has 200 valence electrons. The predicted octanol–water partition coefficient (Wildman–Crippen LogP) is 5.04. The highest BCUT2D eigenvalue weighted by atomic mass is 32.2. The monoisotopic (exact) mass is 573 g/mol. The van der Waals surface area contributed by atoms with E-state index in [2.05, 4.69) is 4.98 Å². The molecular formula is C26H18F3N3O5S2. The Labute approximate surface area is 226 Å².